The van der Waals surface area contributed by atoms with Crippen LogP contribution in [0.1, 0.15) is 58.0 Å². The van der Waals surface area contributed by atoms with Crippen LogP contribution in [0.3, 0.4) is 0 Å². The molecule has 2 aromatic heterocycles. The van der Waals surface area contributed by atoms with Gasteiger partial charge in [-0.1, -0.05) is 48.9 Å². The number of halogens is 1. The van der Waals surface area contributed by atoms with Gasteiger partial charge >= 0.3 is 5.97 Å². The van der Waals surface area contributed by atoms with E-state index < -0.39 is 11.9 Å². The fraction of sp³-hybridized carbons (Fsp3) is 0.286. The van der Waals surface area contributed by atoms with Gasteiger partial charge in [0, 0.05) is 23.5 Å². The van der Waals surface area contributed by atoms with Crippen molar-refractivity contribution in [3.8, 4) is 0 Å². The van der Waals surface area contributed by atoms with Gasteiger partial charge in [0.05, 0.1) is 17.2 Å². The van der Waals surface area contributed by atoms with E-state index in [0.29, 0.717) is 17.1 Å². The lowest BCUT2D eigenvalue weighted by atomic mass is 9.99. The van der Waals surface area contributed by atoms with Crippen molar-refractivity contribution in [2.24, 2.45) is 0 Å². The minimum atomic E-state index is -0.476. The highest BCUT2D eigenvalue weighted by atomic mass is 35.5. The number of nitrogens with one attached hydrogen (secondary N) is 1. The summed E-state index contributed by atoms with van der Waals surface area (Å²) in [7, 11) is 0. The lowest BCUT2D eigenvalue weighted by molar-refractivity contribution is 0.0528. The van der Waals surface area contributed by atoms with Crippen LogP contribution in [-0.2, 0) is 11.3 Å². The average molecular weight is 432 g/mol. The Kier molecular flexibility index (Phi) is 6.71. The van der Waals surface area contributed by atoms with E-state index in [2.05, 4.69) is 17.3 Å². The molecule has 1 amide bonds. The van der Waals surface area contributed by atoms with Gasteiger partial charge < -0.3 is 10.1 Å². The van der Waals surface area contributed by atoms with Crippen LogP contribution < -0.4 is 5.32 Å². The van der Waals surface area contributed by atoms with Crippen molar-refractivity contribution < 1.29 is 14.3 Å². The zero-order valence-corrected chi connectivity index (χ0v) is 18.0. The highest BCUT2D eigenvalue weighted by molar-refractivity contribution is 7.16. The molecule has 2 heterocycles. The number of carbonyl (C=O) groups excluding carboxylic acids is 2. The second kappa shape index (κ2) is 9.24. The second-order valence-corrected chi connectivity index (χ2v) is 7.87. The molecule has 0 aliphatic heterocycles. The molecule has 0 bridgehead atoms. The summed E-state index contributed by atoms with van der Waals surface area (Å²) >= 11 is 7.49. The maximum absolute atomic E-state index is 12.7. The number of ether oxygens (including phenoxy) is 1. The molecule has 0 spiro atoms. The van der Waals surface area contributed by atoms with Gasteiger partial charge in [0.15, 0.2) is 5.69 Å². The fourth-order valence-corrected chi connectivity index (χ4v) is 4.22. The molecule has 1 atom stereocenters. The quantitative estimate of drug-likeness (QED) is 0.522. The van der Waals surface area contributed by atoms with Crippen LogP contribution in [0, 0.1) is 0 Å². The molecule has 8 heteroatoms. The minimum Gasteiger partial charge on any atom is -0.462 e. The number of anilines is 1. The molecule has 0 unspecified atom stereocenters. The third kappa shape index (κ3) is 4.68. The highest BCUT2D eigenvalue weighted by Gasteiger charge is 2.24. The van der Waals surface area contributed by atoms with Gasteiger partial charge in [-0.15, -0.1) is 11.3 Å². The maximum atomic E-state index is 12.7. The molecule has 1 N–H and O–H groups in total. The SMILES string of the molecule is CCOC(=O)c1cc([C@@H](C)c2ccccc2)sc1NC(=O)c1nn(CC)cc1Cl. The Labute approximate surface area is 178 Å². The van der Waals surface area contributed by atoms with Crippen LogP contribution in [0.5, 0.6) is 0 Å². The lowest BCUT2D eigenvalue weighted by Crippen LogP contribution is -2.15. The molecular weight excluding hydrogens is 410 g/mol. The van der Waals surface area contributed by atoms with Gasteiger partial charge in [-0.25, -0.2) is 4.79 Å². The Bertz CT molecular complexity index is 1010. The molecule has 152 valence electrons. The smallest absolute Gasteiger partial charge is 0.341 e. The van der Waals surface area contributed by atoms with Crippen molar-refractivity contribution in [3.05, 3.63) is 69.3 Å². The average Bonchev–Trinajstić information content (AvgIpc) is 3.31. The number of hydrogen-bond acceptors (Lipinski definition) is 5. The second-order valence-electron chi connectivity index (χ2n) is 6.38. The van der Waals surface area contributed by atoms with Crippen LogP contribution in [0.25, 0.3) is 0 Å². The largest absolute Gasteiger partial charge is 0.462 e. The zero-order chi connectivity index (χ0) is 21.0. The van der Waals surface area contributed by atoms with E-state index in [0.717, 1.165) is 10.4 Å². The standard InChI is InChI=1S/C21H22ClN3O3S/c1-4-25-12-16(22)18(24-25)19(26)23-20-15(21(27)28-5-2)11-17(29-20)13(3)14-9-7-6-8-10-14/h6-13H,4-5H2,1-3H3,(H,23,26)/t13-/m0/s1. The summed E-state index contributed by atoms with van der Waals surface area (Å²) in [4.78, 5) is 26.1. The predicted octanol–water partition coefficient (Wildman–Crippen LogP) is 5.20. The predicted molar refractivity (Wildman–Crippen MR) is 115 cm³/mol. The molecule has 0 saturated carbocycles. The molecule has 0 radical (unpaired) electrons. The maximum Gasteiger partial charge on any atom is 0.341 e. The summed E-state index contributed by atoms with van der Waals surface area (Å²) in [5.74, 6) is -0.882. The van der Waals surface area contributed by atoms with Crippen molar-refractivity contribution in [1.29, 1.82) is 0 Å². The Morgan fingerprint density at radius 2 is 2.00 bits per heavy atom. The van der Waals surface area contributed by atoms with Gasteiger partial charge in [0.25, 0.3) is 5.91 Å². The first kappa shape index (κ1) is 21.1. The van der Waals surface area contributed by atoms with E-state index in [1.165, 1.54) is 11.3 Å². The van der Waals surface area contributed by atoms with E-state index in [-0.39, 0.29) is 23.2 Å². The molecule has 29 heavy (non-hydrogen) atoms. The van der Waals surface area contributed by atoms with Crippen LogP contribution in [0.4, 0.5) is 5.00 Å². The molecule has 3 rings (SSSR count). The van der Waals surface area contributed by atoms with Crippen LogP contribution in [0.2, 0.25) is 5.02 Å². The summed E-state index contributed by atoms with van der Waals surface area (Å²) in [5.41, 5.74) is 1.56. The van der Waals surface area contributed by atoms with Gasteiger partial charge in [0.1, 0.15) is 5.00 Å². The summed E-state index contributed by atoms with van der Waals surface area (Å²) < 4.78 is 6.75. The topological polar surface area (TPSA) is 73.2 Å². The number of nitrogens with zero attached hydrogens (tertiary/aromatic N) is 2. The first-order valence-electron chi connectivity index (χ1n) is 9.34. The van der Waals surface area contributed by atoms with E-state index in [9.17, 15) is 9.59 Å². The van der Waals surface area contributed by atoms with Gasteiger partial charge in [0.2, 0.25) is 0 Å². The van der Waals surface area contributed by atoms with Gasteiger partial charge in [-0.05, 0) is 25.5 Å². The van der Waals surface area contributed by atoms with Crippen LogP contribution in [-0.4, -0.2) is 28.3 Å². The highest BCUT2D eigenvalue weighted by Crippen LogP contribution is 2.37. The number of rotatable bonds is 7. The number of aryl methyl sites for hydroxylation is 1. The molecule has 6 nitrogen and oxygen atoms in total. The van der Waals surface area contributed by atoms with Gasteiger partial charge in [-0.3, -0.25) is 9.48 Å². The monoisotopic (exact) mass is 431 g/mol. The molecule has 1 aromatic carbocycles. The lowest BCUT2D eigenvalue weighted by Gasteiger charge is -2.09. The van der Waals surface area contributed by atoms with E-state index in [1.807, 2.05) is 37.3 Å². The number of thiophene rings is 1. The first-order chi connectivity index (χ1) is 13.9. The summed E-state index contributed by atoms with van der Waals surface area (Å²) in [6, 6.07) is 11.7. The fourth-order valence-electron chi connectivity index (χ4n) is 2.86. The van der Waals surface area contributed by atoms with E-state index in [1.54, 1.807) is 23.9 Å². The van der Waals surface area contributed by atoms with Crippen molar-refractivity contribution in [1.82, 2.24) is 9.78 Å². The molecule has 0 aliphatic rings. The molecular formula is C21H22ClN3O3S. The number of esters is 1. The van der Waals surface area contributed by atoms with Crippen LogP contribution in [0.15, 0.2) is 42.6 Å². The number of amides is 1. The molecule has 3 aromatic rings. The third-order valence-corrected chi connectivity index (χ3v) is 5.97. The number of benzene rings is 1. The van der Waals surface area contributed by atoms with Crippen molar-refractivity contribution in [3.63, 3.8) is 0 Å². The number of carbonyl (C=O) groups is 2. The zero-order valence-electron chi connectivity index (χ0n) is 16.4. The van der Waals surface area contributed by atoms with E-state index >= 15 is 0 Å². The Morgan fingerprint density at radius 1 is 1.28 bits per heavy atom. The summed E-state index contributed by atoms with van der Waals surface area (Å²) in [6.07, 6.45) is 1.60. The van der Waals surface area contributed by atoms with E-state index in [4.69, 9.17) is 16.3 Å². The summed E-state index contributed by atoms with van der Waals surface area (Å²) in [5, 5.41) is 7.66. The van der Waals surface area contributed by atoms with Crippen LogP contribution >= 0.6 is 22.9 Å². The Hall–Kier alpha value is -2.64. The molecule has 0 saturated heterocycles. The van der Waals surface area contributed by atoms with Crippen molar-refractivity contribution >= 4 is 39.8 Å². The van der Waals surface area contributed by atoms with Gasteiger partial charge in [-0.2, -0.15) is 5.10 Å². The molecule has 0 fully saturated rings. The van der Waals surface area contributed by atoms with Crippen molar-refractivity contribution in [2.45, 2.75) is 33.2 Å². The first-order valence-corrected chi connectivity index (χ1v) is 10.5. The normalized spacial score (nSPS) is 11.9. The summed E-state index contributed by atoms with van der Waals surface area (Å²) in [6.45, 7) is 6.55. The minimum absolute atomic E-state index is 0.0583. The number of aromatic nitrogens is 2. The third-order valence-electron chi connectivity index (χ3n) is 4.46. The van der Waals surface area contributed by atoms with Crippen molar-refractivity contribution in [2.75, 3.05) is 11.9 Å². The molecule has 0 aliphatic carbocycles. The Morgan fingerprint density at radius 3 is 2.62 bits per heavy atom. The number of hydrogen-bond donors (Lipinski definition) is 1. The Balaban J connectivity index is 1.93.